The molecule has 0 amide bonds. The Morgan fingerprint density at radius 1 is 0.964 bits per heavy atom. The molecule has 0 bridgehead atoms. The monoisotopic (exact) mass is 377 g/mol. The second-order valence-electron chi connectivity index (χ2n) is 7.23. The second-order valence-corrected chi connectivity index (χ2v) is 7.23. The molecule has 2 aliphatic rings. The highest BCUT2D eigenvalue weighted by atomic mass is 16.5. The Bertz CT molecular complexity index is 943. The van der Waals surface area contributed by atoms with Crippen LogP contribution in [0.25, 0.3) is 5.69 Å². The van der Waals surface area contributed by atoms with Crippen molar-refractivity contribution in [2.45, 2.75) is 31.8 Å². The van der Waals surface area contributed by atoms with Crippen molar-refractivity contribution in [3.63, 3.8) is 0 Å². The molecule has 0 spiro atoms. The summed E-state index contributed by atoms with van der Waals surface area (Å²) in [5, 5.41) is 12.4. The summed E-state index contributed by atoms with van der Waals surface area (Å²) in [7, 11) is 0. The predicted molar refractivity (Wildman–Crippen MR) is 104 cm³/mol. The smallest absolute Gasteiger partial charge is 0.170 e. The number of nitrogens with zero attached hydrogens (tertiary/aromatic N) is 5. The van der Waals surface area contributed by atoms with E-state index in [1.807, 2.05) is 41.1 Å². The number of likely N-dealkylation sites (tertiary alicyclic amines) is 1. The number of benzene rings is 2. The third-order valence-electron chi connectivity index (χ3n) is 5.40. The van der Waals surface area contributed by atoms with E-state index in [0.29, 0.717) is 25.8 Å². The van der Waals surface area contributed by atoms with Gasteiger partial charge in [-0.2, -0.15) is 4.68 Å². The van der Waals surface area contributed by atoms with Crippen LogP contribution in [0.2, 0.25) is 0 Å². The van der Waals surface area contributed by atoms with Crippen molar-refractivity contribution in [1.29, 1.82) is 0 Å². The summed E-state index contributed by atoms with van der Waals surface area (Å²) in [6.45, 7) is 3.16. The highest BCUT2D eigenvalue weighted by molar-refractivity contribution is 5.44. The minimum Gasteiger partial charge on any atom is -0.490 e. The van der Waals surface area contributed by atoms with Crippen LogP contribution in [0.4, 0.5) is 0 Å². The topological polar surface area (TPSA) is 65.3 Å². The van der Waals surface area contributed by atoms with Gasteiger partial charge >= 0.3 is 0 Å². The fourth-order valence-corrected chi connectivity index (χ4v) is 4.04. The van der Waals surface area contributed by atoms with Gasteiger partial charge in [0.25, 0.3) is 0 Å². The van der Waals surface area contributed by atoms with Gasteiger partial charge in [-0.1, -0.05) is 24.3 Å². The molecule has 7 nitrogen and oxygen atoms in total. The van der Waals surface area contributed by atoms with Crippen molar-refractivity contribution in [2.75, 3.05) is 19.8 Å². The second kappa shape index (κ2) is 7.59. The van der Waals surface area contributed by atoms with Gasteiger partial charge in [-0.3, -0.25) is 4.90 Å². The lowest BCUT2D eigenvalue weighted by Gasteiger charge is -2.25. The first kappa shape index (κ1) is 17.2. The van der Waals surface area contributed by atoms with Crippen LogP contribution in [-0.4, -0.2) is 44.9 Å². The molecule has 5 rings (SSSR count). The van der Waals surface area contributed by atoms with E-state index in [4.69, 9.17) is 9.47 Å². The molecule has 0 saturated carbocycles. The van der Waals surface area contributed by atoms with Crippen LogP contribution in [0, 0.1) is 0 Å². The van der Waals surface area contributed by atoms with E-state index < -0.39 is 0 Å². The van der Waals surface area contributed by atoms with Gasteiger partial charge in [0.2, 0.25) is 0 Å². The van der Waals surface area contributed by atoms with E-state index in [1.54, 1.807) is 0 Å². The quantitative estimate of drug-likeness (QED) is 0.696. The highest BCUT2D eigenvalue weighted by Gasteiger charge is 2.28. The van der Waals surface area contributed by atoms with Gasteiger partial charge in [0, 0.05) is 12.5 Å². The minimum absolute atomic E-state index is 0.332. The van der Waals surface area contributed by atoms with Crippen molar-refractivity contribution in [1.82, 2.24) is 25.1 Å². The summed E-state index contributed by atoms with van der Waals surface area (Å²) >= 11 is 0. The lowest BCUT2D eigenvalue weighted by Crippen LogP contribution is -2.24. The maximum Gasteiger partial charge on any atom is 0.170 e. The molecule has 1 saturated heterocycles. The molecule has 1 aromatic heterocycles. The number of hydrogen-bond donors (Lipinski definition) is 0. The molecule has 0 radical (unpaired) electrons. The summed E-state index contributed by atoms with van der Waals surface area (Å²) in [4.78, 5) is 2.45. The number of para-hydroxylation sites is 1. The first-order valence-electron chi connectivity index (χ1n) is 9.85. The van der Waals surface area contributed by atoms with E-state index in [0.717, 1.165) is 48.8 Å². The SMILES string of the molecule is c1ccc(-n2nnnc2CN2CCC[C@@H]2c2ccc3c(c2)OCCCO3)cc1. The molecule has 7 heteroatoms. The Hall–Kier alpha value is -2.93. The van der Waals surface area contributed by atoms with E-state index in [9.17, 15) is 0 Å². The lowest BCUT2D eigenvalue weighted by atomic mass is 10.0. The molecule has 0 aliphatic carbocycles. The number of ether oxygens (including phenoxy) is 2. The summed E-state index contributed by atoms with van der Waals surface area (Å²) in [5.41, 5.74) is 2.24. The zero-order valence-corrected chi connectivity index (χ0v) is 15.7. The normalized spacial score (nSPS) is 19.5. The van der Waals surface area contributed by atoms with E-state index >= 15 is 0 Å². The molecular formula is C21H23N5O2. The highest BCUT2D eigenvalue weighted by Crippen LogP contribution is 2.38. The van der Waals surface area contributed by atoms with E-state index in [2.05, 4.69) is 32.6 Å². The Labute approximate surface area is 163 Å². The van der Waals surface area contributed by atoms with Gasteiger partial charge in [0.1, 0.15) is 0 Å². The molecule has 3 heterocycles. The van der Waals surface area contributed by atoms with Crippen molar-refractivity contribution in [3.05, 3.63) is 59.9 Å². The maximum atomic E-state index is 5.89. The minimum atomic E-state index is 0.332. The van der Waals surface area contributed by atoms with Crippen LogP contribution < -0.4 is 9.47 Å². The molecule has 144 valence electrons. The molecule has 2 aromatic carbocycles. The summed E-state index contributed by atoms with van der Waals surface area (Å²) < 4.78 is 13.5. The molecule has 28 heavy (non-hydrogen) atoms. The average Bonchev–Trinajstić information content (AvgIpc) is 3.33. The molecule has 0 unspecified atom stereocenters. The predicted octanol–water partition coefficient (Wildman–Crippen LogP) is 3.16. The fraction of sp³-hybridized carbons (Fsp3) is 0.381. The van der Waals surface area contributed by atoms with Crippen LogP contribution in [0.5, 0.6) is 11.5 Å². The van der Waals surface area contributed by atoms with Gasteiger partial charge in [-0.05, 0) is 59.6 Å². The van der Waals surface area contributed by atoms with Crippen molar-refractivity contribution >= 4 is 0 Å². The number of rotatable bonds is 4. The standard InChI is InChI=1S/C21H23N5O2/c1-2-6-17(7-3-1)26-21(22-23-24-26)15-25-11-4-8-18(25)16-9-10-19-20(14-16)28-13-5-12-27-19/h1-3,6-7,9-10,14,18H,4-5,8,11-13,15H2/t18-/m1/s1. The maximum absolute atomic E-state index is 5.89. The van der Waals surface area contributed by atoms with Crippen LogP contribution in [0.1, 0.15) is 36.7 Å². The van der Waals surface area contributed by atoms with Gasteiger partial charge in [-0.25, -0.2) is 0 Å². The molecule has 0 N–H and O–H groups in total. The van der Waals surface area contributed by atoms with Crippen LogP contribution in [0.15, 0.2) is 48.5 Å². The van der Waals surface area contributed by atoms with Crippen molar-refractivity contribution in [2.24, 2.45) is 0 Å². The number of hydrogen-bond acceptors (Lipinski definition) is 6. The van der Waals surface area contributed by atoms with Crippen molar-refractivity contribution in [3.8, 4) is 17.2 Å². The lowest BCUT2D eigenvalue weighted by molar-refractivity contribution is 0.239. The Morgan fingerprint density at radius 3 is 2.71 bits per heavy atom. The van der Waals surface area contributed by atoms with Crippen LogP contribution >= 0.6 is 0 Å². The van der Waals surface area contributed by atoms with Gasteiger partial charge in [0.05, 0.1) is 25.4 Å². The Morgan fingerprint density at radius 2 is 1.82 bits per heavy atom. The van der Waals surface area contributed by atoms with Gasteiger partial charge in [0.15, 0.2) is 17.3 Å². The van der Waals surface area contributed by atoms with E-state index in [1.165, 1.54) is 5.56 Å². The molecule has 2 aliphatic heterocycles. The Balaban J connectivity index is 1.39. The van der Waals surface area contributed by atoms with E-state index in [-0.39, 0.29) is 0 Å². The number of aromatic nitrogens is 4. The molecule has 1 atom stereocenters. The third-order valence-corrected chi connectivity index (χ3v) is 5.40. The molecule has 3 aromatic rings. The first-order chi connectivity index (χ1) is 13.9. The van der Waals surface area contributed by atoms with Crippen LogP contribution in [0.3, 0.4) is 0 Å². The number of fused-ring (bicyclic) bond motifs is 1. The summed E-state index contributed by atoms with van der Waals surface area (Å²) in [6.07, 6.45) is 3.19. The fourth-order valence-electron chi connectivity index (χ4n) is 4.04. The summed E-state index contributed by atoms with van der Waals surface area (Å²) in [5.74, 6) is 2.56. The Kier molecular flexibility index (Phi) is 4.66. The van der Waals surface area contributed by atoms with Crippen LogP contribution in [-0.2, 0) is 6.54 Å². The van der Waals surface area contributed by atoms with Gasteiger partial charge in [-0.15, -0.1) is 5.10 Å². The summed E-state index contributed by atoms with van der Waals surface area (Å²) in [6, 6.07) is 16.7. The first-order valence-corrected chi connectivity index (χ1v) is 9.85. The zero-order valence-electron chi connectivity index (χ0n) is 15.7. The molecule has 1 fully saturated rings. The average molecular weight is 377 g/mol. The third kappa shape index (κ3) is 3.33. The van der Waals surface area contributed by atoms with Gasteiger partial charge < -0.3 is 9.47 Å². The largest absolute Gasteiger partial charge is 0.490 e. The number of tetrazole rings is 1. The molecular weight excluding hydrogens is 354 g/mol. The zero-order chi connectivity index (χ0) is 18.8. The van der Waals surface area contributed by atoms with Crippen molar-refractivity contribution < 1.29 is 9.47 Å².